The molecule has 21 heavy (non-hydrogen) atoms. The lowest BCUT2D eigenvalue weighted by Crippen LogP contribution is -2.52. The van der Waals surface area contributed by atoms with Crippen molar-refractivity contribution in [3.63, 3.8) is 0 Å². The number of thioether (sulfide) groups is 1. The average Bonchev–Trinajstić information content (AvgIpc) is 2.94. The molecule has 2 N–H and O–H groups in total. The highest BCUT2D eigenvalue weighted by Gasteiger charge is 2.37. The molecule has 0 aromatic carbocycles. The minimum atomic E-state index is -0.251. The van der Waals surface area contributed by atoms with Crippen molar-refractivity contribution >= 4 is 36.0 Å². The second-order valence-corrected chi connectivity index (χ2v) is 6.65. The van der Waals surface area contributed by atoms with E-state index in [0.29, 0.717) is 12.3 Å². The average molecular weight is 336 g/mol. The van der Waals surface area contributed by atoms with Gasteiger partial charge in [-0.3, -0.25) is 9.59 Å². The first kappa shape index (κ1) is 18.6. The fourth-order valence-electron chi connectivity index (χ4n) is 2.70. The molecule has 0 saturated carbocycles. The van der Waals surface area contributed by atoms with E-state index >= 15 is 0 Å². The fraction of sp³-hybridized carbons (Fsp3) is 0.857. The number of hydrogen-bond acceptors (Lipinski definition) is 4. The monoisotopic (exact) mass is 335 g/mol. The predicted molar refractivity (Wildman–Crippen MR) is 88.5 cm³/mol. The van der Waals surface area contributed by atoms with Gasteiger partial charge in [-0.15, -0.1) is 24.2 Å². The Bertz CT molecular complexity index is 362. The van der Waals surface area contributed by atoms with Crippen LogP contribution in [0, 0.1) is 0 Å². The molecule has 0 aromatic rings. The summed E-state index contributed by atoms with van der Waals surface area (Å²) in [6.07, 6.45) is 4.21. The van der Waals surface area contributed by atoms with Gasteiger partial charge in [0.05, 0.1) is 5.88 Å². The number of carbonyl (C=O) groups is 2. The lowest BCUT2D eigenvalue weighted by atomic mass is 10.1. The Morgan fingerprint density at radius 1 is 1.29 bits per heavy atom. The molecule has 2 aliphatic heterocycles. The van der Waals surface area contributed by atoms with E-state index in [0.717, 1.165) is 44.5 Å². The minimum absolute atomic E-state index is 0. The van der Waals surface area contributed by atoms with Crippen LogP contribution in [0.3, 0.4) is 0 Å². The molecular formula is C14H26ClN3O2S. The van der Waals surface area contributed by atoms with Gasteiger partial charge in [-0.2, -0.15) is 0 Å². The van der Waals surface area contributed by atoms with E-state index in [-0.39, 0.29) is 36.3 Å². The molecule has 2 aliphatic rings. The number of unbranched alkanes of at least 4 members (excludes halogenated alkanes) is 1. The number of rotatable bonds is 4. The highest BCUT2D eigenvalue weighted by atomic mass is 35.5. The third kappa shape index (κ3) is 4.76. The Kier molecular flexibility index (Phi) is 7.84. The molecule has 2 fully saturated rings. The maximum atomic E-state index is 12.6. The molecule has 0 bridgehead atoms. The molecule has 0 spiro atoms. The molecule has 5 nitrogen and oxygen atoms in total. The van der Waals surface area contributed by atoms with Gasteiger partial charge in [0.15, 0.2) is 0 Å². The summed E-state index contributed by atoms with van der Waals surface area (Å²) in [6.45, 7) is 3.54. The number of piperidine rings is 1. The second-order valence-electron chi connectivity index (χ2n) is 5.65. The SMILES string of the molecule is CCCCC(=O)N1CSCC1C(=O)N1CCC(N)CC1.Cl. The van der Waals surface area contributed by atoms with E-state index in [1.54, 1.807) is 16.7 Å². The third-order valence-corrected chi connectivity index (χ3v) is 5.10. The first-order chi connectivity index (χ1) is 9.63. The molecule has 2 amide bonds. The van der Waals surface area contributed by atoms with Crippen molar-refractivity contribution in [2.45, 2.75) is 51.1 Å². The van der Waals surface area contributed by atoms with E-state index in [2.05, 4.69) is 6.92 Å². The lowest BCUT2D eigenvalue weighted by molar-refractivity contribution is -0.144. The van der Waals surface area contributed by atoms with Crippen LogP contribution in [0.1, 0.15) is 39.0 Å². The van der Waals surface area contributed by atoms with Crippen LogP contribution in [0.5, 0.6) is 0 Å². The number of nitrogens with two attached hydrogens (primary N) is 1. The molecule has 0 aliphatic carbocycles. The Labute approximate surface area is 137 Å². The van der Waals surface area contributed by atoms with E-state index in [1.165, 1.54) is 0 Å². The number of amides is 2. The molecule has 1 unspecified atom stereocenters. The van der Waals surface area contributed by atoms with E-state index < -0.39 is 0 Å². The quantitative estimate of drug-likeness (QED) is 0.844. The zero-order valence-corrected chi connectivity index (χ0v) is 14.3. The Morgan fingerprint density at radius 3 is 2.57 bits per heavy atom. The van der Waals surface area contributed by atoms with Crippen LogP contribution in [0.4, 0.5) is 0 Å². The summed E-state index contributed by atoms with van der Waals surface area (Å²) >= 11 is 1.68. The van der Waals surface area contributed by atoms with E-state index in [9.17, 15) is 9.59 Å². The van der Waals surface area contributed by atoms with Gasteiger partial charge in [-0.1, -0.05) is 13.3 Å². The van der Waals surface area contributed by atoms with Crippen LogP contribution in [0.25, 0.3) is 0 Å². The van der Waals surface area contributed by atoms with Crippen molar-refractivity contribution in [1.82, 2.24) is 9.80 Å². The number of halogens is 1. The Balaban J connectivity index is 0.00000220. The zero-order chi connectivity index (χ0) is 14.5. The van der Waals surface area contributed by atoms with Gasteiger partial charge in [-0.25, -0.2) is 0 Å². The van der Waals surface area contributed by atoms with Gasteiger partial charge in [0.2, 0.25) is 11.8 Å². The highest BCUT2D eigenvalue weighted by molar-refractivity contribution is 7.99. The van der Waals surface area contributed by atoms with E-state index in [1.807, 2.05) is 4.90 Å². The molecule has 0 radical (unpaired) electrons. The molecular weight excluding hydrogens is 310 g/mol. The summed E-state index contributed by atoms with van der Waals surface area (Å²) in [5.74, 6) is 1.64. The summed E-state index contributed by atoms with van der Waals surface area (Å²) < 4.78 is 0. The summed E-state index contributed by atoms with van der Waals surface area (Å²) in [7, 11) is 0. The smallest absolute Gasteiger partial charge is 0.246 e. The Hall–Kier alpha value is -0.460. The van der Waals surface area contributed by atoms with Gasteiger partial charge >= 0.3 is 0 Å². The summed E-state index contributed by atoms with van der Waals surface area (Å²) in [6, 6.07) is -0.0297. The summed E-state index contributed by atoms with van der Waals surface area (Å²) in [5.41, 5.74) is 5.87. The largest absolute Gasteiger partial charge is 0.341 e. The molecule has 2 saturated heterocycles. The van der Waals surface area contributed by atoms with Crippen molar-refractivity contribution in [3.8, 4) is 0 Å². The molecule has 122 valence electrons. The normalized spacial score (nSPS) is 23.0. The first-order valence-electron chi connectivity index (χ1n) is 7.55. The van der Waals surface area contributed by atoms with Crippen LogP contribution in [0.2, 0.25) is 0 Å². The lowest BCUT2D eigenvalue weighted by Gasteiger charge is -2.34. The van der Waals surface area contributed by atoms with Crippen LogP contribution < -0.4 is 5.73 Å². The molecule has 1 atom stereocenters. The van der Waals surface area contributed by atoms with E-state index in [4.69, 9.17) is 5.73 Å². The zero-order valence-electron chi connectivity index (χ0n) is 12.6. The molecule has 2 heterocycles. The van der Waals surface area contributed by atoms with Crippen molar-refractivity contribution in [3.05, 3.63) is 0 Å². The highest BCUT2D eigenvalue weighted by Crippen LogP contribution is 2.24. The first-order valence-corrected chi connectivity index (χ1v) is 8.70. The summed E-state index contributed by atoms with van der Waals surface area (Å²) in [4.78, 5) is 28.4. The molecule has 7 heteroatoms. The van der Waals surface area contributed by atoms with Crippen molar-refractivity contribution < 1.29 is 9.59 Å². The minimum Gasteiger partial charge on any atom is -0.341 e. The van der Waals surface area contributed by atoms with Crippen molar-refractivity contribution in [2.24, 2.45) is 5.73 Å². The summed E-state index contributed by atoms with van der Waals surface area (Å²) in [5, 5.41) is 0. The topological polar surface area (TPSA) is 66.6 Å². The van der Waals surface area contributed by atoms with Crippen LogP contribution in [-0.2, 0) is 9.59 Å². The van der Waals surface area contributed by atoms with Gasteiger partial charge in [0.25, 0.3) is 0 Å². The van der Waals surface area contributed by atoms with Crippen molar-refractivity contribution in [1.29, 1.82) is 0 Å². The predicted octanol–water partition coefficient (Wildman–Crippen LogP) is 1.45. The number of carbonyl (C=O) groups excluding carboxylic acids is 2. The van der Waals surface area contributed by atoms with Gasteiger partial charge in [0.1, 0.15) is 6.04 Å². The standard InChI is InChI=1S/C14H25N3O2S.ClH/c1-2-3-4-13(18)17-10-20-9-12(17)14(19)16-7-5-11(15)6-8-16;/h11-12H,2-10,15H2,1H3;1H. The van der Waals surface area contributed by atoms with Gasteiger partial charge < -0.3 is 15.5 Å². The molecule has 2 rings (SSSR count). The number of hydrogen-bond donors (Lipinski definition) is 1. The fourth-order valence-corrected chi connectivity index (χ4v) is 3.87. The maximum absolute atomic E-state index is 12.6. The third-order valence-electron chi connectivity index (χ3n) is 4.08. The second kappa shape index (κ2) is 8.86. The van der Waals surface area contributed by atoms with Crippen LogP contribution in [-0.4, -0.2) is 58.4 Å². The van der Waals surface area contributed by atoms with Crippen molar-refractivity contribution in [2.75, 3.05) is 24.7 Å². The Morgan fingerprint density at radius 2 is 1.95 bits per heavy atom. The molecule has 0 aromatic heterocycles. The maximum Gasteiger partial charge on any atom is 0.246 e. The number of nitrogens with zero attached hydrogens (tertiary/aromatic N) is 2. The van der Waals surface area contributed by atoms with Crippen LogP contribution >= 0.6 is 24.2 Å². The van der Waals surface area contributed by atoms with Gasteiger partial charge in [-0.05, 0) is 19.3 Å². The number of likely N-dealkylation sites (tertiary alicyclic amines) is 1. The van der Waals surface area contributed by atoms with Gasteiger partial charge in [0, 0.05) is 31.3 Å². The van der Waals surface area contributed by atoms with Crippen LogP contribution in [0.15, 0.2) is 0 Å².